The third-order valence-electron chi connectivity index (χ3n) is 3.14. The summed E-state index contributed by atoms with van der Waals surface area (Å²) in [5, 5.41) is 0. The molecule has 5 heteroatoms. The van der Waals surface area contributed by atoms with Crippen molar-refractivity contribution in [2.24, 2.45) is 0 Å². The van der Waals surface area contributed by atoms with Gasteiger partial charge < -0.3 is 9.47 Å². The summed E-state index contributed by atoms with van der Waals surface area (Å²) in [6.07, 6.45) is 3.38. The van der Waals surface area contributed by atoms with Crippen LogP contribution in [0.2, 0.25) is 0 Å². The van der Waals surface area contributed by atoms with Crippen LogP contribution in [0.1, 0.15) is 5.56 Å². The SMILES string of the molecule is COc1ccc(/C=C/CS(=O)(=O)c2ccccc2)cc1OC. The molecule has 0 unspecified atom stereocenters. The first kappa shape index (κ1) is 16.1. The lowest BCUT2D eigenvalue weighted by Gasteiger charge is -2.07. The molecule has 0 saturated heterocycles. The molecule has 0 N–H and O–H groups in total. The van der Waals surface area contributed by atoms with E-state index in [0.717, 1.165) is 5.56 Å². The quantitative estimate of drug-likeness (QED) is 0.821. The van der Waals surface area contributed by atoms with Crippen LogP contribution in [0, 0.1) is 0 Å². The van der Waals surface area contributed by atoms with Crippen molar-refractivity contribution in [2.45, 2.75) is 4.90 Å². The standard InChI is InChI=1S/C17H18O4S/c1-20-16-11-10-14(13-17(16)21-2)7-6-12-22(18,19)15-8-4-3-5-9-15/h3-11,13H,12H2,1-2H3/b7-6+. The maximum Gasteiger partial charge on any atom is 0.181 e. The zero-order valence-electron chi connectivity index (χ0n) is 12.5. The molecule has 0 amide bonds. The highest BCUT2D eigenvalue weighted by atomic mass is 32.2. The van der Waals surface area contributed by atoms with Crippen molar-refractivity contribution in [3.63, 3.8) is 0 Å². The molecule has 0 fully saturated rings. The minimum absolute atomic E-state index is 0.0502. The Morgan fingerprint density at radius 1 is 0.955 bits per heavy atom. The minimum atomic E-state index is -3.30. The third-order valence-corrected chi connectivity index (χ3v) is 4.76. The van der Waals surface area contributed by atoms with Crippen LogP contribution in [0.25, 0.3) is 6.08 Å². The molecular formula is C17H18O4S. The zero-order valence-corrected chi connectivity index (χ0v) is 13.3. The fourth-order valence-corrected chi connectivity index (χ4v) is 3.11. The van der Waals surface area contributed by atoms with Gasteiger partial charge in [0.1, 0.15) is 0 Å². The highest BCUT2D eigenvalue weighted by molar-refractivity contribution is 7.91. The monoisotopic (exact) mass is 318 g/mol. The van der Waals surface area contributed by atoms with Crippen LogP contribution in [0.15, 0.2) is 59.5 Å². The van der Waals surface area contributed by atoms with Gasteiger partial charge in [-0.25, -0.2) is 8.42 Å². The molecule has 4 nitrogen and oxygen atoms in total. The van der Waals surface area contributed by atoms with Crippen LogP contribution < -0.4 is 9.47 Å². The number of sulfone groups is 1. The average Bonchev–Trinajstić information content (AvgIpc) is 2.55. The molecule has 0 bridgehead atoms. The van der Waals surface area contributed by atoms with Crippen LogP contribution >= 0.6 is 0 Å². The Labute approximate surface area is 130 Å². The summed E-state index contributed by atoms with van der Waals surface area (Å²) in [7, 11) is -0.172. The minimum Gasteiger partial charge on any atom is -0.493 e. The predicted molar refractivity (Wildman–Crippen MR) is 87.1 cm³/mol. The fraction of sp³-hybridized carbons (Fsp3) is 0.176. The molecule has 0 saturated carbocycles. The smallest absolute Gasteiger partial charge is 0.181 e. The lowest BCUT2D eigenvalue weighted by molar-refractivity contribution is 0.355. The molecule has 0 spiro atoms. The number of methoxy groups -OCH3 is 2. The van der Waals surface area contributed by atoms with Crippen LogP contribution in [0.5, 0.6) is 11.5 Å². The molecule has 116 valence electrons. The molecule has 0 heterocycles. The average molecular weight is 318 g/mol. The molecule has 0 aliphatic heterocycles. The molecular weight excluding hydrogens is 300 g/mol. The first-order valence-electron chi connectivity index (χ1n) is 6.73. The Balaban J connectivity index is 2.13. The third kappa shape index (κ3) is 3.89. The first-order valence-corrected chi connectivity index (χ1v) is 8.38. The molecule has 22 heavy (non-hydrogen) atoms. The summed E-state index contributed by atoms with van der Waals surface area (Å²) in [5.74, 6) is 1.19. The Hall–Kier alpha value is -2.27. The van der Waals surface area contributed by atoms with Crippen molar-refractivity contribution < 1.29 is 17.9 Å². The van der Waals surface area contributed by atoms with Gasteiger partial charge in [0.15, 0.2) is 21.3 Å². The van der Waals surface area contributed by atoms with Crippen molar-refractivity contribution in [3.05, 3.63) is 60.2 Å². The van der Waals surface area contributed by atoms with E-state index in [9.17, 15) is 8.42 Å². The van der Waals surface area contributed by atoms with Crippen molar-refractivity contribution >= 4 is 15.9 Å². The molecule has 0 radical (unpaired) electrons. The van der Waals surface area contributed by atoms with E-state index in [4.69, 9.17) is 9.47 Å². The lowest BCUT2D eigenvalue weighted by Crippen LogP contribution is -2.04. The van der Waals surface area contributed by atoms with E-state index in [1.54, 1.807) is 68.8 Å². The maximum absolute atomic E-state index is 12.1. The van der Waals surface area contributed by atoms with Crippen molar-refractivity contribution in [1.29, 1.82) is 0 Å². The molecule has 0 aromatic heterocycles. The maximum atomic E-state index is 12.1. The van der Waals surface area contributed by atoms with Crippen LogP contribution in [0.3, 0.4) is 0 Å². The Bertz CT molecular complexity index is 749. The highest BCUT2D eigenvalue weighted by Crippen LogP contribution is 2.28. The zero-order chi connectivity index (χ0) is 16.0. The van der Waals surface area contributed by atoms with Crippen LogP contribution in [-0.4, -0.2) is 28.4 Å². The lowest BCUT2D eigenvalue weighted by atomic mass is 10.2. The number of benzene rings is 2. The van der Waals surface area contributed by atoms with Gasteiger partial charge in [0.25, 0.3) is 0 Å². The van der Waals surface area contributed by atoms with Gasteiger partial charge in [-0.1, -0.05) is 36.4 Å². The molecule has 0 aliphatic rings. The summed E-state index contributed by atoms with van der Waals surface area (Å²) in [6, 6.07) is 13.8. The first-order chi connectivity index (χ1) is 10.6. The highest BCUT2D eigenvalue weighted by Gasteiger charge is 2.11. The van der Waals surface area contributed by atoms with Crippen molar-refractivity contribution in [3.8, 4) is 11.5 Å². The van der Waals surface area contributed by atoms with Gasteiger partial charge in [0, 0.05) is 0 Å². The van der Waals surface area contributed by atoms with E-state index in [1.165, 1.54) is 0 Å². The number of hydrogen-bond acceptors (Lipinski definition) is 4. The second-order valence-corrected chi connectivity index (χ2v) is 6.65. The van der Waals surface area contributed by atoms with Crippen LogP contribution in [-0.2, 0) is 9.84 Å². The van der Waals surface area contributed by atoms with Gasteiger partial charge in [-0.05, 0) is 29.8 Å². The van der Waals surface area contributed by atoms with Crippen molar-refractivity contribution in [1.82, 2.24) is 0 Å². The van der Waals surface area contributed by atoms with Gasteiger partial charge >= 0.3 is 0 Å². The second kappa shape index (κ2) is 7.13. The van der Waals surface area contributed by atoms with Gasteiger partial charge in [0.2, 0.25) is 0 Å². The van der Waals surface area contributed by atoms with Crippen LogP contribution in [0.4, 0.5) is 0 Å². The van der Waals surface area contributed by atoms with E-state index < -0.39 is 9.84 Å². The second-order valence-electron chi connectivity index (χ2n) is 4.61. The van der Waals surface area contributed by atoms with E-state index in [0.29, 0.717) is 16.4 Å². The Morgan fingerprint density at radius 2 is 1.64 bits per heavy atom. The Kier molecular flexibility index (Phi) is 5.22. The summed E-state index contributed by atoms with van der Waals surface area (Å²) < 4.78 is 34.7. The largest absolute Gasteiger partial charge is 0.493 e. The normalized spacial score (nSPS) is 11.5. The van der Waals surface area contributed by atoms with E-state index >= 15 is 0 Å². The van der Waals surface area contributed by atoms with E-state index in [-0.39, 0.29) is 5.75 Å². The molecule has 0 atom stereocenters. The number of ether oxygens (including phenoxy) is 2. The molecule has 2 aromatic carbocycles. The fourth-order valence-electron chi connectivity index (χ4n) is 1.99. The molecule has 2 aromatic rings. The molecule has 2 rings (SSSR count). The summed E-state index contributed by atoms with van der Waals surface area (Å²) in [6.45, 7) is 0. The predicted octanol–water partition coefficient (Wildman–Crippen LogP) is 3.19. The van der Waals surface area contributed by atoms with Gasteiger partial charge in [0.05, 0.1) is 24.9 Å². The van der Waals surface area contributed by atoms with Gasteiger partial charge in [-0.2, -0.15) is 0 Å². The van der Waals surface area contributed by atoms with Gasteiger partial charge in [-0.3, -0.25) is 0 Å². The summed E-state index contributed by atoms with van der Waals surface area (Å²) in [4.78, 5) is 0.326. The summed E-state index contributed by atoms with van der Waals surface area (Å²) in [5.41, 5.74) is 0.848. The molecule has 0 aliphatic carbocycles. The van der Waals surface area contributed by atoms with E-state index in [2.05, 4.69) is 0 Å². The van der Waals surface area contributed by atoms with Gasteiger partial charge in [-0.15, -0.1) is 0 Å². The number of hydrogen-bond donors (Lipinski definition) is 0. The Morgan fingerprint density at radius 3 is 2.27 bits per heavy atom. The number of rotatable bonds is 6. The van der Waals surface area contributed by atoms with Crippen molar-refractivity contribution in [2.75, 3.05) is 20.0 Å². The van der Waals surface area contributed by atoms with E-state index in [1.807, 2.05) is 6.07 Å². The topological polar surface area (TPSA) is 52.6 Å². The summed E-state index contributed by atoms with van der Waals surface area (Å²) >= 11 is 0.